The largest absolute Gasteiger partial charge is 0.507 e. The van der Waals surface area contributed by atoms with E-state index in [2.05, 4.69) is 60.7 Å². The molecule has 9 aromatic rings. The highest BCUT2D eigenvalue weighted by atomic mass is 16.3. The van der Waals surface area contributed by atoms with Gasteiger partial charge < -0.3 is 5.11 Å². The van der Waals surface area contributed by atoms with Gasteiger partial charge in [-0.2, -0.15) is 0 Å². The van der Waals surface area contributed by atoms with Crippen molar-refractivity contribution >= 4 is 11.0 Å². The molecular weight excluding hydrogens is 707 g/mol. The van der Waals surface area contributed by atoms with E-state index in [-0.39, 0.29) is 34.0 Å². The first-order valence-corrected chi connectivity index (χ1v) is 19.2. The van der Waals surface area contributed by atoms with Crippen LogP contribution in [0.1, 0.15) is 48.4 Å². The molecule has 0 atom stereocenters. The molecule has 0 saturated heterocycles. The van der Waals surface area contributed by atoms with E-state index in [0.717, 1.165) is 50.1 Å². The van der Waals surface area contributed by atoms with E-state index in [0.29, 0.717) is 33.6 Å². The number of fused-ring (bicyclic) bond motifs is 1. The minimum atomic E-state index is -0.606. The van der Waals surface area contributed by atoms with Crippen molar-refractivity contribution in [2.45, 2.75) is 40.0 Å². The third-order valence-electron chi connectivity index (χ3n) is 10.5. The van der Waals surface area contributed by atoms with E-state index < -0.39 is 42.4 Å². The summed E-state index contributed by atoms with van der Waals surface area (Å²) in [6.07, 6.45) is -0.513. The summed E-state index contributed by atoms with van der Waals surface area (Å²) in [5, 5.41) is 11.8. The molecule has 0 radical (unpaired) electrons. The lowest BCUT2D eigenvalue weighted by molar-refractivity contribution is 0.472. The van der Waals surface area contributed by atoms with Gasteiger partial charge in [-0.3, -0.25) is 9.55 Å². The predicted octanol–water partition coefficient (Wildman–Crippen LogP) is 14.0. The van der Waals surface area contributed by atoms with Crippen LogP contribution < -0.4 is 0 Å². The molecule has 1 N–H and O–H groups in total. The summed E-state index contributed by atoms with van der Waals surface area (Å²) in [6.45, 7) is 10.4. The first kappa shape index (κ1) is 28.4. The van der Waals surface area contributed by atoms with Crippen LogP contribution in [-0.2, 0) is 5.41 Å². The van der Waals surface area contributed by atoms with Crippen LogP contribution >= 0.6 is 0 Å². The molecule has 4 heteroatoms. The predicted molar refractivity (Wildman–Crippen MR) is 241 cm³/mol. The normalized spacial score (nSPS) is 13.5. The number of para-hydroxylation sites is 1. The Balaban J connectivity index is 1.35. The zero-order valence-electron chi connectivity index (χ0n) is 40.9. The van der Waals surface area contributed by atoms with Crippen molar-refractivity contribution in [3.05, 3.63) is 193 Å². The third kappa shape index (κ3) is 6.99. The van der Waals surface area contributed by atoms with Crippen molar-refractivity contribution in [3.63, 3.8) is 0 Å². The molecule has 0 aliphatic heterocycles. The van der Waals surface area contributed by atoms with Gasteiger partial charge in [-0.1, -0.05) is 136 Å². The van der Waals surface area contributed by atoms with Gasteiger partial charge in [-0.05, 0) is 129 Å². The van der Waals surface area contributed by atoms with Crippen LogP contribution in [0.5, 0.6) is 5.75 Å². The van der Waals surface area contributed by atoms with Gasteiger partial charge in [0.05, 0.1) is 33.3 Å². The van der Waals surface area contributed by atoms with Crippen molar-refractivity contribution in [2.75, 3.05) is 0 Å². The van der Waals surface area contributed by atoms with Gasteiger partial charge in [0.25, 0.3) is 0 Å². The summed E-state index contributed by atoms with van der Waals surface area (Å²) in [5.41, 5.74) is 10.3. The van der Waals surface area contributed by atoms with Crippen LogP contribution in [0.15, 0.2) is 176 Å². The highest BCUT2D eigenvalue weighted by molar-refractivity contribution is 5.98. The lowest BCUT2D eigenvalue weighted by atomic mass is 9.85. The smallest absolute Gasteiger partial charge is 0.149 e. The maximum Gasteiger partial charge on any atom is 0.149 e. The summed E-state index contributed by atoms with van der Waals surface area (Å²) in [7, 11) is 0. The fourth-order valence-corrected chi connectivity index (χ4v) is 7.55. The molecule has 7 aromatic carbocycles. The Kier molecular flexibility index (Phi) is 7.24. The molecule has 0 amide bonds. The summed E-state index contributed by atoms with van der Waals surface area (Å²) >= 11 is 0. The molecule has 0 aliphatic rings. The topological polar surface area (TPSA) is 50.9 Å². The molecule has 282 valence electrons. The average Bonchev–Trinajstić information content (AvgIpc) is 3.71. The molecule has 0 unspecified atom stereocenters. The van der Waals surface area contributed by atoms with Gasteiger partial charge in [0.1, 0.15) is 11.6 Å². The second-order valence-corrected chi connectivity index (χ2v) is 15.7. The monoisotopic (exact) mass is 759 g/mol. The number of pyridine rings is 1. The summed E-state index contributed by atoms with van der Waals surface area (Å²) in [4.78, 5) is 9.88. The standard InChI is InChI=1S/C54H45N3O/c1-35-26-36(2)52(58)48(27-35)53-56-51-47(22-15-23-50(51)57(53)46-32-42(39-20-13-8-14-21-39)31-45(34-46)54(3,4)5)43-28-41(38-18-11-7-12-19-38)29-44(30-43)49-33-40(24-25-55-49)37-16-9-6-10-17-37/h6-34,58H,1-5H3/i6D,9D,10D,16D,17D,24D,25D,33D. The number of rotatable bonds is 7. The zero-order valence-corrected chi connectivity index (χ0v) is 32.9. The van der Waals surface area contributed by atoms with E-state index in [1.807, 2.05) is 111 Å². The van der Waals surface area contributed by atoms with Crippen molar-refractivity contribution in [3.8, 4) is 78.6 Å². The minimum Gasteiger partial charge on any atom is -0.507 e. The molecule has 2 heterocycles. The Morgan fingerprint density at radius 1 is 0.586 bits per heavy atom. The third-order valence-corrected chi connectivity index (χ3v) is 10.5. The molecule has 9 rings (SSSR count). The number of aryl methyl sites for hydroxylation is 2. The minimum absolute atomic E-state index is 0.00262. The second-order valence-electron chi connectivity index (χ2n) is 15.7. The van der Waals surface area contributed by atoms with Crippen LogP contribution in [0.2, 0.25) is 0 Å². The number of hydrogen-bond acceptors (Lipinski definition) is 3. The molecular formula is C54H45N3O. The summed E-state index contributed by atoms with van der Waals surface area (Å²) < 4.78 is 71.5. The van der Waals surface area contributed by atoms with Gasteiger partial charge in [-0.25, -0.2) is 4.98 Å². The van der Waals surface area contributed by atoms with E-state index >= 15 is 0 Å². The van der Waals surface area contributed by atoms with Gasteiger partial charge in [0.15, 0.2) is 0 Å². The molecule has 58 heavy (non-hydrogen) atoms. The lowest BCUT2D eigenvalue weighted by Crippen LogP contribution is -2.12. The van der Waals surface area contributed by atoms with Gasteiger partial charge in [-0.15, -0.1) is 0 Å². The summed E-state index contributed by atoms with van der Waals surface area (Å²) in [5.74, 6) is 0.657. The number of hydrogen-bond donors (Lipinski definition) is 1. The molecule has 0 bridgehead atoms. The molecule has 0 aliphatic carbocycles. The van der Waals surface area contributed by atoms with Crippen LogP contribution in [0.4, 0.5) is 0 Å². The Morgan fingerprint density at radius 2 is 1.26 bits per heavy atom. The quantitative estimate of drug-likeness (QED) is 0.176. The molecule has 4 nitrogen and oxygen atoms in total. The maximum absolute atomic E-state index is 11.8. The Labute approximate surface area is 352 Å². The fraction of sp³-hybridized carbons (Fsp3) is 0.111. The maximum atomic E-state index is 11.8. The number of nitrogens with zero attached hydrogens (tertiary/aromatic N) is 3. The first-order chi connectivity index (χ1) is 31.4. The number of phenols is 1. The first-order valence-electron chi connectivity index (χ1n) is 23.2. The highest BCUT2D eigenvalue weighted by Gasteiger charge is 2.24. The van der Waals surface area contributed by atoms with Crippen molar-refractivity contribution in [2.24, 2.45) is 0 Å². The Hall–Kier alpha value is -7.04. The van der Waals surface area contributed by atoms with E-state index in [1.54, 1.807) is 0 Å². The fourth-order valence-electron chi connectivity index (χ4n) is 7.55. The highest BCUT2D eigenvalue weighted by Crippen LogP contribution is 2.42. The van der Waals surface area contributed by atoms with Crippen molar-refractivity contribution in [1.29, 1.82) is 0 Å². The number of imidazole rings is 1. The van der Waals surface area contributed by atoms with Crippen molar-refractivity contribution < 1.29 is 16.1 Å². The Morgan fingerprint density at radius 3 is 1.97 bits per heavy atom. The molecule has 0 saturated carbocycles. The molecule has 0 fully saturated rings. The number of aromatic nitrogens is 3. The zero-order chi connectivity index (χ0) is 46.9. The van der Waals surface area contributed by atoms with Gasteiger partial charge in [0.2, 0.25) is 0 Å². The number of phenolic OH excluding ortho intramolecular Hbond substituents is 1. The van der Waals surface area contributed by atoms with E-state index in [4.69, 9.17) is 14.6 Å². The van der Waals surface area contributed by atoms with E-state index in [9.17, 15) is 6.48 Å². The van der Waals surface area contributed by atoms with Gasteiger partial charge in [0, 0.05) is 23.0 Å². The number of benzene rings is 7. The lowest BCUT2D eigenvalue weighted by Gasteiger charge is -2.23. The number of aromatic hydroxyl groups is 1. The Bertz CT molecular complexity index is 3390. The van der Waals surface area contributed by atoms with Crippen LogP contribution in [0, 0.1) is 13.8 Å². The van der Waals surface area contributed by atoms with Crippen LogP contribution in [0.3, 0.4) is 0 Å². The van der Waals surface area contributed by atoms with Gasteiger partial charge >= 0.3 is 0 Å². The van der Waals surface area contributed by atoms with Crippen molar-refractivity contribution in [1.82, 2.24) is 14.5 Å². The van der Waals surface area contributed by atoms with Crippen LogP contribution in [0.25, 0.3) is 83.9 Å². The molecule has 0 spiro atoms. The average molecular weight is 760 g/mol. The second kappa shape index (κ2) is 14.8. The molecule has 2 aromatic heterocycles. The van der Waals surface area contributed by atoms with Crippen LogP contribution in [-0.4, -0.2) is 19.6 Å². The van der Waals surface area contributed by atoms with E-state index in [1.165, 1.54) is 0 Å². The SMILES string of the molecule is [2H]c1nc(-c2cc(-c3ccccc3)cc(-c3cccc4c3nc(-c3cc(C)cc(C)c3O)n4-c3cc(-c4ccccc4)cc(C(C)(C)C)c3)c2)c([2H])c(-c2c([2H])c([2H])c([2H])c([2H])c2[2H])c1[2H]. The summed E-state index contributed by atoms with van der Waals surface area (Å²) in [6, 6.07) is 38.2.